The second kappa shape index (κ2) is 4.33. The van der Waals surface area contributed by atoms with Crippen molar-refractivity contribution in [3.8, 4) is 11.5 Å². The molecule has 1 aromatic rings. The molecule has 14 heavy (non-hydrogen) atoms. The first kappa shape index (κ1) is 7.12. The number of hydrogen-bond donors (Lipinski definition) is 1. The Balaban J connectivity index is 1.81. The van der Waals surface area contributed by atoms with Crippen LogP contribution in [0.1, 0.15) is 15.2 Å². The molecule has 0 amide bonds. The minimum Gasteiger partial charge on any atom is -0.454 e. The smallest absolute Gasteiger partial charge is 0.231 e. The molecule has 0 atom stereocenters. The van der Waals surface area contributed by atoms with Crippen molar-refractivity contribution >= 4 is 0 Å². The van der Waals surface area contributed by atoms with E-state index >= 15 is 0 Å². The summed E-state index contributed by atoms with van der Waals surface area (Å²) in [6.07, 6.45) is 0.864. The van der Waals surface area contributed by atoms with Gasteiger partial charge in [0, 0.05) is 2.74 Å². The summed E-state index contributed by atoms with van der Waals surface area (Å²) >= 11 is 0. The van der Waals surface area contributed by atoms with Gasteiger partial charge in [0.2, 0.25) is 6.79 Å². The number of ether oxygens (including phenoxy) is 2. The molecule has 0 aromatic heterocycles. The topological polar surface area (TPSA) is 30.5 Å². The highest BCUT2D eigenvalue weighted by Crippen LogP contribution is 2.32. The summed E-state index contributed by atoms with van der Waals surface area (Å²) in [5, 5.41) is 3.05. The van der Waals surface area contributed by atoms with Gasteiger partial charge >= 0.3 is 0 Å². The van der Waals surface area contributed by atoms with E-state index in [9.17, 15) is 0 Å². The van der Waals surface area contributed by atoms with Gasteiger partial charge in [-0.1, -0.05) is 12.9 Å². The van der Waals surface area contributed by atoms with Crippen molar-refractivity contribution in [2.24, 2.45) is 0 Å². The van der Waals surface area contributed by atoms with Gasteiger partial charge in [-0.25, -0.2) is 0 Å². The minimum atomic E-state index is -0.795. The van der Waals surface area contributed by atoms with Crippen LogP contribution in [0.4, 0.5) is 0 Å². The predicted octanol–water partition coefficient (Wildman–Crippen LogP) is 1.57. The van der Waals surface area contributed by atoms with Crippen LogP contribution in [0.2, 0.25) is 0 Å². The normalized spacial score (nSPS) is 15.5. The molecular formula is C11H15NO2. The molecule has 76 valence electrons. The van der Waals surface area contributed by atoms with Gasteiger partial charge in [-0.15, -0.1) is 0 Å². The Morgan fingerprint density at radius 2 is 2.36 bits per heavy atom. The molecule has 0 radical (unpaired) electrons. The van der Waals surface area contributed by atoms with E-state index < -0.39 is 6.88 Å². The van der Waals surface area contributed by atoms with E-state index in [-0.39, 0.29) is 0 Å². The molecule has 0 aliphatic carbocycles. The van der Waals surface area contributed by atoms with Crippen molar-refractivity contribution in [1.82, 2.24) is 5.32 Å². The zero-order chi connectivity index (χ0) is 11.4. The second-order valence-corrected chi connectivity index (χ2v) is 3.14. The first-order chi connectivity index (χ1) is 7.75. The zero-order valence-corrected chi connectivity index (χ0v) is 7.95. The van der Waals surface area contributed by atoms with Gasteiger partial charge in [0.25, 0.3) is 0 Å². The maximum Gasteiger partial charge on any atom is 0.231 e. The van der Waals surface area contributed by atoms with E-state index in [0.717, 1.165) is 24.5 Å². The number of benzene rings is 1. The SMILES string of the molecule is [2H]C([2H])CNCCc1ccc2c(c1)OCO2. The number of rotatable bonds is 4. The van der Waals surface area contributed by atoms with Gasteiger partial charge in [-0.2, -0.15) is 0 Å². The van der Waals surface area contributed by atoms with Crippen molar-refractivity contribution in [2.75, 3.05) is 19.9 Å². The predicted molar refractivity (Wildman–Crippen MR) is 54.8 cm³/mol. The molecule has 0 bridgehead atoms. The van der Waals surface area contributed by atoms with E-state index in [2.05, 4.69) is 5.32 Å². The van der Waals surface area contributed by atoms with Crippen molar-refractivity contribution in [3.05, 3.63) is 23.8 Å². The number of likely N-dealkylation sites (N-methyl/N-ethyl adjacent to an activating group) is 1. The summed E-state index contributed by atoms with van der Waals surface area (Å²) in [5.74, 6) is 1.60. The molecule has 1 N–H and O–H groups in total. The molecular weight excluding hydrogens is 178 g/mol. The summed E-state index contributed by atoms with van der Waals surface area (Å²) < 4.78 is 24.6. The Labute approximate surface area is 86.8 Å². The fourth-order valence-electron chi connectivity index (χ4n) is 1.43. The fourth-order valence-corrected chi connectivity index (χ4v) is 1.43. The summed E-state index contributed by atoms with van der Waals surface area (Å²) in [6, 6.07) is 5.90. The minimum absolute atomic E-state index is 0.302. The van der Waals surface area contributed by atoms with Gasteiger partial charge in [-0.3, -0.25) is 0 Å². The Kier molecular flexibility index (Phi) is 2.20. The molecule has 2 rings (SSSR count). The van der Waals surface area contributed by atoms with E-state index in [0.29, 0.717) is 13.3 Å². The lowest BCUT2D eigenvalue weighted by Crippen LogP contribution is -2.15. The third-order valence-electron chi connectivity index (χ3n) is 2.17. The number of hydrogen-bond acceptors (Lipinski definition) is 3. The lowest BCUT2D eigenvalue weighted by molar-refractivity contribution is 0.174. The van der Waals surface area contributed by atoms with Crippen LogP contribution in [-0.4, -0.2) is 19.9 Å². The summed E-state index contributed by atoms with van der Waals surface area (Å²) in [5.41, 5.74) is 1.17. The monoisotopic (exact) mass is 195 g/mol. The van der Waals surface area contributed by atoms with E-state index in [1.807, 2.05) is 18.2 Å². The zero-order valence-electron chi connectivity index (χ0n) is 9.95. The summed E-state index contributed by atoms with van der Waals surface area (Å²) in [4.78, 5) is 0. The first-order valence-corrected chi connectivity index (χ1v) is 4.69. The lowest BCUT2D eigenvalue weighted by atomic mass is 10.1. The molecule has 0 saturated heterocycles. The molecule has 1 aromatic carbocycles. The largest absolute Gasteiger partial charge is 0.454 e. The van der Waals surface area contributed by atoms with Crippen molar-refractivity contribution in [3.63, 3.8) is 0 Å². The number of fused-ring (bicyclic) bond motifs is 1. The summed E-state index contributed by atoms with van der Waals surface area (Å²) in [6.45, 7) is 0.686. The Hall–Kier alpha value is -1.22. The molecule has 0 saturated carbocycles. The van der Waals surface area contributed by atoms with E-state index in [4.69, 9.17) is 12.2 Å². The van der Waals surface area contributed by atoms with E-state index in [1.54, 1.807) is 0 Å². The highest BCUT2D eigenvalue weighted by Gasteiger charge is 2.12. The Morgan fingerprint density at radius 3 is 3.29 bits per heavy atom. The molecule has 3 nitrogen and oxygen atoms in total. The molecule has 0 unspecified atom stereocenters. The Bertz CT molecular complexity index is 358. The van der Waals surface area contributed by atoms with Gasteiger partial charge in [0.05, 0.1) is 0 Å². The highest BCUT2D eigenvalue weighted by molar-refractivity contribution is 5.44. The Morgan fingerprint density at radius 1 is 1.43 bits per heavy atom. The van der Waals surface area contributed by atoms with Crippen LogP contribution in [0.5, 0.6) is 11.5 Å². The van der Waals surface area contributed by atoms with Crippen LogP contribution in [0.25, 0.3) is 0 Å². The molecule has 0 fully saturated rings. The number of nitrogens with one attached hydrogen (secondary N) is 1. The molecule has 0 spiro atoms. The van der Waals surface area contributed by atoms with Crippen LogP contribution in [0, 0.1) is 0 Å². The van der Waals surface area contributed by atoms with Crippen LogP contribution in [0.3, 0.4) is 0 Å². The maximum absolute atomic E-state index is 7.03. The molecule has 1 heterocycles. The molecule has 3 heteroatoms. The highest BCUT2D eigenvalue weighted by atomic mass is 16.7. The average Bonchev–Trinajstić information content (AvgIpc) is 2.71. The fraction of sp³-hybridized carbons (Fsp3) is 0.455. The third kappa shape index (κ3) is 1.99. The average molecular weight is 195 g/mol. The van der Waals surface area contributed by atoms with Crippen molar-refractivity contribution in [2.45, 2.75) is 13.3 Å². The quantitative estimate of drug-likeness (QED) is 0.740. The molecule has 1 aliphatic rings. The first-order valence-electron chi connectivity index (χ1n) is 5.85. The summed E-state index contributed by atoms with van der Waals surface area (Å²) in [7, 11) is 0. The standard InChI is InChI=1S/C11H15NO2/c1-2-12-6-5-9-3-4-10-11(7-9)14-8-13-10/h3-4,7,12H,2,5-6,8H2,1H3/i1D2. The van der Waals surface area contributed by atoms with Crippen molar-refractivity contribution in [1.29, 1.82) is 0 Å². The van der Waals surface area contributed by atoms with Crippen molar-refractivity contribution < 1.29 is 12.2 Å². The lowest BCUT2D eigenvalue weighted by Gasteiger charge is -2.03. The van der Waals surface area contributed by atoms with E-state index in [1.165, 1.54) is 5.56 Å². The van der Waals surface area contributed by atoms with Crippen LogP contribution < -0.4 is 14.8 Å². The maximum atomic E-state index is 7.03. The molecule has 1 aliphatic heterocycles. The van der Waals surface area contributed by atoms with Gasteiger partial charge in [0.15, 0.2) is 11.5 Å². The van der Waals surface area contributed by atoms with Gasteiger partial charge in [0.1, 0.15) is 0 Å². The van der Waals surface area contributed by atoms with Crippen LogP contribution in [-0.2, 0) is 6.42 Å². The van der Waals surface area contributed by atoms with Gasteiger partial charge < -0.3 is 14.8 Å². The second-order valence-electron chi connectivity index (χ2n) is 3.14. The van der Waals surface area contributed by atoms with Crippen LogP contribution in [0.15, 0.2) is 18.2 Å². The van der Waals surface area contributed by atoms with Crippen LogP contribution >= 0.6 is 0 Å². The third-order valence-corrected chi connectivity index (χ3v) is 2.17. The van der Waals surface area contributed by atoms with Gasteiger partial charge in [-0.05, 0) is 37.2 Å².